The van der Waals surface area contributed by atoms with E-state index < -0.39 is 5.97 Å². The van der Waals surface area contributed by atoms with Gasteiger partial charge in [-0.05, 0) is 20.5 Å². The third-order valence-electron chi connectivity index (χ3n) is 2.47. The molecule has 2 rings (SSSR count). The van der Waals surface area contributed by atoms with Gasteiger partial charge in [-0.25, -0.2) is 4.98 Å². The molecule has 0 radical (unpaired) electrons. The molecule has 0 amide bonds. The highest BCUT2D eigenvalue weighted by Gasteiger charge is 2.46. The number of rotatable bonds is 4. The van der Waals surface area contributed by atoms with E-state index in [4.69, 9.17) is 5.11 Å². The van der Waals surface area contributed by atoms with Gasteiger partial charge in [-0.2, -0.15) is 0 Å². The molecule has 5 heteroatoms. The lowest BCUT2D eigenvalue weighted by molar-refractivity contribution is -0.138. The van der Waals surface area contributed by atoms with E-state index in [-0.39, 0.29) is 11.8 Å². The Morgan fingerprint density at radius 3 is 3.00 bits per heavy atom. The lowest BCUT2D eigenvalue weighted by atomic mass is 10.3. The van der Waals surface area contributed by atoms with Crippen molar-refractivity contribution in [2.24, 2.45) is 5.92 Å². The lowest BCUT2D eigenvalue weighted by Gasteiger charge is -2.05. The molecule has 82 valence electrons. The van der Waals surface area contributed by atoms with Crippen LogP contribution in [0.3, 0.4) is 0 Å². The number of nitrogens with zero attached hydrogens (tertiary/aromatic N) is 2. The van der Waals surface area contributed by atoms with Gasteiger partial charge in [0.25, 0.3) is 0 Å². The quantitative estimate of drug-likeness (QED) is 0.843. The Morgan fingerprint density at radius 1 is 1.73 bits per heavy atom. The largest absolute Gasteiger partial charge is 0.481 e. The van der Waals surface area contributed by atoms with E-state index in [1.165, 1.54) is 4.88 Å². The minimum absolute atomic E-state index is 0.170. The van der Waals surface area contributed by atoms with Gasteiger partial charge in [0.1, 0.15) is 0 Å². The smallest absolute Gasteiger partial charge is 0.307 e. The van der Waals surface area contributed by atoms with Crippen molar-refractivity contribution in [3.63, 3.8) is 0 Å². The molecule has 0 unspecified atom stereocenters. The van der Waals surface area contributed by atoms with E-state index in [0.717, 1.165) is 18.0 Å². The number of thiazole rings is 1. The van der Waals surface area contributed by atoms with Gasteiger partial charge in [0, 0.05) is 23.5 Å². The number of carbonyl (C=O) groups is 1. The van der Waals surface area contributed by atoms with Crippen molar-refractivity contribution in [1.82, 2.24) is 9.88 Å². The lowest BCUT2D eigenvalue weighted by Crippen LogP contribution is -2.09. The van der Waals surface area contributed by atoms with E-state index in [0.29, 0.717) is 0 Å². The van der Waals surface area contributed by atoms with Crippen LogP contribution in [0.15, 0.2) is 6.20 Å². The number of hydrogen-bond acceptors (Lipinski definition) is 4. The van der Waals surface area contributed by atoms with E-state index in [1.807, 2.05) is 20.3 Å². The molecule has 0 saturated heterocycles. The Kier molecular flexibility index (Phi) is 2.75. The number of aromatic nitrogens is 1. The van der Waals surface area contributed by atoms with Gasteiger partial charge in [-0.1, -0.05) is 0 Å². The molecule has 1 aromatic rings. The van der Waals surface area contributed by atoms with Gasteiger partial charge in [-0.15, -0.1) is 11.3 Å². The van der Waals surface area contributed by atoms with Gasteiger partial charge in [-0.3, -0.25) is 4.79 Å². The molecule has 0 aromatic carbocycles. The molecule has 4 nitrogen and oxygen atoms in total. The predicted molar refractivity (Wildman–Crippen MR) is 58.0 cm³/mol. The minimum atomic E-state index is -0.690. The maximum absolute atomic E-state index is 10.7. The van der Waals surface area contributed by atoms with Crippen LogP contribution in [0.25, 0.3) is 0 Å². The molecular weight excluding hydrogens is 212 g/mol. The van der Waals surface area contributed by atoms with Gasteiger partial charge in [0.05, 0.1) is 10.9 Å². The zero-order valence-corrected chi connectivity index (χ0v) is 9.62. The fourth-order valence-corrected chi connectivity index (χ4v) is 2.83. The normalized spacial score (nSPS) is 24.5. The van der Waals surface area contributed by atoms with E-state index in [2.05, 4.69) is 9.88 Å². The van der Waals surface area contributed by atoms with Crippen LogP contribution >= 0.6 is 11.3 Å². The SMILES string of the molecule is CN(C)Cc1cnc([C@@H]2C[C@H]2C(=O)O)s1. The van der Waals surface area contributed by atoms with E-state index in [1.54, 1.807) is 11.3 Å². The molecule has 15 heavy (non-hydrogen) atoms. The number of carboxylic acids is 1. The Labute approximate surface area is 92.6 Å². The van der Waals surface area contributed by atoms with E-state index >= 15 is 0 Å². The van der Waals surface area contributed by atoms with Crippen molar-refractivity contribution < 1.29 is 9.90 Å². The molecule has 1 fully saturated rings. The first kappa shape index (κ1) is 10.6. The molecular formula is C10H14N2O2S. The van der Waals surface area contributed by atoms with Gasteiger partial charge in [0.15, 0.2) is 0 Å². The summed E-state index contributed by atoms with van der Waals surface area (Å²) >= 11 is 1.64. The monoisotopic (exact) mass is 226 g/mol. The summed E-state index contributed by atoms with van der Waals surface area (Å²) < 4.78 is 0. The Hall–Kier alpha value is -0.940. The molecule has 1 aliphatic carbocycles. The molecule has 0 aliphatic heterocycles. The van der Waals surface area contributed by atoms with Crippen molar-refractivity contribution in [1.29, 1.82) is 0 Å². The fraction of sp³-hybridized carbons (Fsp3) is 0.600. The first-order valence-electron chi connectivity index (χ1n) is 4.90. The van der Waals surface area contributed by atoms with Crippen LogP contribution in [0, 0.1) is 5.92 Å². The zero-order valence-electron chi connectivity index (χ0n) is 8.80. The number of carboxylic acid groups (broad SMARTS) is 1. The summed E-state index contributed by atoms with van der Waals surface area (Å²) in [6.45, 7) is 0.877. The molecule has 0 spiro atoms. The Bertz CT molecular complexity index is 375. The van der Waals surface area contributed by atoms with Crippen LogP contribution in [0.5, 0.6) is 0 Å². The summed E-state index contributed by atoms with van der Waals surface area (Å²) in [5, 5.41) is 9.79. The summed E-state index contributed by atoms with van der Waals surface area (Å²) in [6.07, 6.45) is 2.61. The maximum atomic E-state index is 10.7. The molecule has 2 atom stereocenters. The van der Waals surface area contributed by atoms with Crippen LogP contribution in [-0.2, 0) is 11.3 Å². The van der Waals surface area contributed by atoms with Crippen molar-refractivity contribution in [2.45, 2.75) is 18.9 Å². The summed E-state index contributed by atoms with van der Waals surface area (Å²) in [6, 6.07) is 0. The number of hydrogen-bond donors (Lipinski definition) is 1. The highest BCUT2D eigenvalue weighted by Crippen LogP contribution is 2.48. The first-order chi connectivity index (χ1) is 7.08. The van der Waals surface area contributed by atoms with Crippen LogP contribution in [-0.4, -0.2) is 35.1 Å². The molecule has 1 aliphatic rings. The van der Waals surface area contributed by atoms with E-state index in [9.17, 15) is 4.79 Å². The standard InChI is InChI=1S/C10H14N2O2S/c1-12(2)5-6-4-11-9(15-6)7-3-8(7)10(13)14/h4,7-8H,3,5H2,1-2H3,(H,13,14)/t7-,8-/m1/s1. The maximum Gasteiger partial charge on any atom is 0.307 e. The van der Waals surface area contributed by atoms with Crippen LogP contribution in [0.1, 0.15) is 22.2 Å². The third-order valence-corrected chi connectivity index (χ3v) is 3.58. The predicted octanol–water partition coefficient (Wildman–Crippen LogP) is 1.39. The van der Waals surface area contributed by atoms with Gasteiger partial charge >= 0.3 is 5.97 Å². The van der Waals surface area contributed by atoms with Crippen LogP contribution < -0.4 is 0 Å². The second kappa shape index (κ2) is 3.90. The van der Waals surface area contributed by atoms with Gasteiger partial charge in [0.2, 0.25) is 0 Å². The fourth-order valence-electron chi connectivity index (χ4n) is 1.62. The highest BCUT2D eigenvalue weighted by molar-refractivity contribution is 7.11. The Morgan fingerprint density at radius 2 is 2.47 bits per heavy atom. The minimum Gasteiger partial charge on any atom is -0.481 e. The Balaban J connectivity index is 2.00. The van der Waals surface area contributed by atoms with Crippen LogP contribution in [0.4, 0.5) is 0 Å². The van der Waals surface area contributed by atoms with Crippen molar-refractivity contribution >= 4 is 17.3 Å². The van der Waals surface area contributed by atoms with Crippen molar-refractivity contribution in [3.8, 4) is 0 Å². The summed E-state index contributed by atoms with van der Waals surface area (Å²) in [5.74, 6) is -0.712. The topological polar surface area (TPSA) is 53.4 Å². The summed E-state index contributed by atoms with van der Waals surface area (Å²) in [4.78, 5) is 18.3. The van der Waals surface area contributed by atoms with Crippen LogP contribution in [0.2, 0.25) is 0 Å². The molecule has 0 bridgehead atoms. The first-order valence-corrected chi connectivity index (χ1v) is 5.71. The van der Waals surface area contributed by atoms with Crippen molar-refractivity contribution in [3.05, 3.63) is 16.1 Å². The highest BCUT2D eigenvalue weighted by atomic mass is 32.1. The summed E-state index contributed by atoms with van der Waals surface area (Å²) in [7, 11) is 4.02. The molecule has 1 heterocycles. The molecule has 1 saturated carbocycles. The second-order valence-electron chi connectivity index (χ2n) is 4.19. The second-order valence-corrected chi connectivity index (χ2v) is 5.34. The van der Waals surface area contributed by atoms with Gasteiger partial charge < -0.3 is 10.0 Å². The van der Waals surface area contributed by atoms with Crippen molar-refractivity contribution in [2.75, 3.05) is 14.1 Å². The zero-order chi connectivity index (χ0) is 11.0. The molecule has 1 N–H and O–H groups in total. The molecule has 1 aromatic heterocycles. The third kappa shape index (κ3) is 2.35. The number of aliphatic carboxylic acids is 1. The summed E-state index contributed by atoms with van der Waals surface area (Å²) in [5.41, 5.74) is 0. The average Bonchev–Trinajstić information content (AvgIpc) is 2.81. The average molecular weight is 226 g/mol.